The van der Waals surface area contributed by atoms with Crippen molar-refractivity contribution in [3.63, 3.8) is 0 Å². The molecular formula is C16H17N3O6. The number of ether oxygens (including phenoxy) is 1. The maximum Gasteiger partial charge on any atom is 0.325 e. The normalized spacial score (nSPS) is 10.4. The van der Waals surface area contributed by atoms with Crippen molar-refractivity contribution in [2.24, 2.45) is 0 Å². The zero-order valence-electron chi connectivity index (χ0n) is 14.0. The predicted octanol–water partition coefficient (Wildman–Crippen LogP) is 1.98. The molecule has 0 aliphatic rings. The van der Waals surface area contributed by atoms with Crippen LogP contribution in [0.4, 0.5) is 5.69 Å². The maximum atomic E-state index is 12.0. The molecule has 0 aliphatic heterocycles. The van der Waals surface area contributed by atoms with E-state index in [2.05, 4.69) is 10.5 Å². The highest BCUT2D eigenvalue weighted by molar-refractivity contribution is 5.96. The summed E-state index contributed by atoms with van der Waals surface area (Å²) in [5.74, 6) is -0.574. The van der Waals surface area contributed by atoms with Crippen molar-refractivity contribution in [3.8, 4) is 0 Å². The SMILES string of the molecule is Cc1cc(C(=O)NCC(=O)OCc2c(C)noc2C)ccc1[N+](=O)[O-]. The van der Waals surface area contributed by atoms with E-state index in [1.807, 2.05) is 0 Å². The summed E-state index contributed by atoms with van der Waals surface area (Å²) in [7, 11) is 0. The molecule has 9 heteroatoms. The predicted molar refractivity (Wildman–Crippen MR) is 85.9 cm³/mol. The number of aryl methyl sites for hydroxylation is 3. The van der Waals surface area contributed by atoms with Gasteiger partial charge in [-0.25, -0.2) is 0 Å². The molecule has 0 atom stereocenters. The lowest BCUT2D eigenvalue weighted by Gasteiger charge is -2.07. The minimum Gasteiger partial charge on any atom is -0.459 e. The number of esters is 1. The van der Waals surface area contributed by atoms with Crippen LogP contribution in [0.15, 0.2) is 22.7 Å². The fourth-order valence-electron chi connectivity index (χ4n) is 2.17. The second kappa shape index (κ2) is 7.56. The van der Waals surface area contributed by atoms with Crippen LogP contribution in [0.3, 0.4) is 0 Å². The molecule has 1 heterocycles. The number of hydrogen-bond acceptors (Lipinski definition) is 7. The fourth-order valence-corrected chi connectivity index (χ4v) is 2.17. The quantitative estimate of drug-likeness (QED) is 0.481. The van der Waals surface area contributed by atoms with Crippen LogP contribution < -0.4 is 5.32 Å². The van der Waals surface area contributed by atoms with E-state index in [9.17, 15) is 19.7 Å². The Morgan fingerprint density at radius 2 is 2.04 bits per heavy atom. The Kier molecular flexibility index (Phi) is 5.48. The molecule has 2 rings (SSSR count). The first-order valence-corrected chi connectivity index (χ1v) is 7.40. The van der Waals surface area contributed by atoms with E-state index in [1.165, 1.54) is 25.1 Å². The first kappa shape index (κ1) is 18.1. The van der Waals surface area contributed by atoms with E-state index < -0.39 is 16.8 Å². The van der Waals surface area contributed by atoms with Gasteiger partial charge in [-0.05, 0) is 32.9 Å². The lowest BCUT2D eigenvalue weighted by atomic mass is 10.1. The highest BCUT2D eigenvalue weighted by Gasteiger charge is 2.15. The summed E-state index contributed by atoms with van der Waals surface area (Å²) < 4.78 is 10.0. The van der Waals surface area contributed by atoms with Gasteiger partial charge in [0.25, 0.3) is 11.6 Å². The summed E-state index contributed by atoms with van der Waals surface area (Å²) in [6, 6.07) is 3.97. The molecule has 0 saturated heterocycles. The summed E-state index contributed by atoms with van der Waals surface area (Å²) in [4.78, 5) is 34.0. The molecule has 1 aromatic heterocycles. The van der Waals surface area contributed by atoms with Crippen LogP contribution in [0, 0.1) is 30.9 Å². The second-order valence-electron chi connectivity index (χ2n) is 5.40. The zero-order chi connectivity index (χ0) is 18.6. The van der Waals surface area contributed by atoms with E-state index in [0.29, 0.717) is 22.6 Å². The van der Waals surface area contributed by atoms with Crippen LogP contribution in [-0.2, 0) is 16.1 Å². The van der Waals surface area contributed by atoms with Gasteiger partial charge in [-0.15, -0.1) is 0 Å². The molecule has 0 radical (unpaired) electrons. The van der Waals surface area contributed by atoms with Gasteiger partial charge in [-0.1, -0.05) is 5.16 Å². The van der Waals surface area contributed by atoms with E-state index in [1.54, 1.807) is 13.8 Å². The lowest BCUT2D eigenvalue weighted by Crippen LogP contribution is -2.30. The van der Waals surface area contributed by atoms with Gasteiger partial charge >= 0.3 is 5.97 Å². The van der Waals surface area contributed by atoms with Gasteiger partial charge in [0.05, 0.1) is 16.2 Å². The highest BCUT2D eigenvalue weighted by atomic mass is 16.6. The number of rotatable bonds is 6. The Balaban J connectivity index is 1.88. The summed E-state index contributed by atoms with van der Waals surface area (Å²) in [5, 5.41) is 16.9. The summed E-state index contributed by atoms with van der Waals surface area (Å²) in [6.45, 7) is 4.66. The van der Waals surface area contributed by atoms with Gasteiger partial charge in [0.1, 0.15) is 18.9 Å². The molecule has 1 N–H and O–H groups in total. The number of carbonyl (C=O) groups is 2. The molecule has 0 spiro atoms. The fraction of sp³-hybridized carbons (Fsp3) is 0.312. The number of amides is 1. The number of nitrogens with one attached hydrogen (secondary N) is 1. The number of carbonyl (C=O) groups excluding carboxylic acids is 2. The number of nitro benzene ring substituents is 1. The van der Waals surface area contributed by atoms with Gasteiger partial charge in [0.2, 0.25) is 0 Å². The molecule has 132 valence electrons. The third kappa shape index (κ3) is 4.40. The van der Waals surface area contributed by atoms with Crippen molar-refractivity contribution in [1.82, 2.24) is 10.5 Å². The Morgan fingerprint density at radius 1 is 1.32 bits per heavy atom. The third-order valence-corrected chi connectivity index (χ3v) is 3.61. The second-order valence-corrected chi connectivity index (χ2v) is 5.40. The topological polar surface area (TPSA) is 125 Å². The van der Waals surface area contributed by atoms with Crippen LogP contribution in [-0.4, -0.2) is 28.5 Å². The van der Waals surface area contributed by atoms with E-state index in [4.69, 9.17) is 9.26 Å². The molecule has 2 aromatic rings. The molecular weight excluding hydrogens is 330 g/mol. The molecule has 0 aliphatic carbocycles. The van der Waals surface area contributed by atoms with Crippen LogP contribution in [0.2, 0.25) is 0 Å². The van der Waals surface area contributed by atoms with Crippen molar-refractivity contribution < 1.29 is 23.8 Å². The van der Waals surface area contributed by atoms with Crippen LogP contribution >= 0.6 is 0 Å². The van der Waals surface area contributed by atoms with Crippen LogP contribution in [0.5, 0.6) is 0 Å². The van der Waals surface area contributed by atoms with E-state index in [0.717, 1.165) is 0 Å². The largest absolute Gasteiger partial charge is 0.459 e. The van der Waals surface area contributed by atoms with Gasteiger partial charge in [-0.2, -0.15) is 0 Å². The van der Waals surface area contributed by atoms with E-state index >= 15 is 0 Å². The molecule has 1 aromatic carbocycles. The Labute approximate surface area is 143 Å². The number of hydrogen-bond donors (Lipinski definition) is 1. The number of aromatic nitrogens is 1. The van der Waals surface area contributed by atoms with Gasteiger partial charge in [0, 0.05) is 17.2 Å². The summed E-state index contributed by atoms with van der Waals surface area (Å²) in [6.07, 6.45) is 0. The lowest BCUT2D eigenvalue weighted by molar-refractivity contribution is -0.385. The zero-order valence-corrected chi connectivity index (χ0v) is 14.0. The summed E-state index contributed by atoms with van der Waals surface area (Å²) in [5.41, 5.74) is 1.83. The number of benzene rings is 1. The standard InChI is InChI=1S/C16H17N3O6/c1-9-6-12(4-5-14(9)19(22)23)16(21)17-7-15(20)24-8-13-10(2)18-25-11(13)3/h4-6H,7-8H2,1-3H3,(H,17,21). The molecule has 9 nitrogen and oxygen atoms in total. The van der Waals surface area contributed by atoms with Gasteiger partial charge < -0.3 is 14.6 Å². The first-order chi connectivity index (χ1) is 11.8. The molecule has 1 amide bonds. The number of nitrogens with zero attached hydrogens (tertiary/aromatic N) is 2. The number of nitro groups is 1. The average molecular weight is 347 g/mol. The molecule has 0 fully saturated rings. The molecule has 25 heavy (non-hydrogen) atoms. The van der Waals surface area contributed by atoms with Crippen molar-refractivity contribution in [1.29, 1.82) is 0 Å². The molecule has 0 unspecified atom stereocenters. The van der Waals surface area contributed by atoms with Crippen LogP contribution in [0.25, 0.3) is 0 Å². The van der Waals surface area contributed by atoms with Crippen molar-refractivity contribution in [3.05, 3.63) is 56.5 Å². The molecule has 0 bridgehead atoms. The van der Waals surface area contributed by atoms with Crippen molar-refractivity contribution in [2.75, 3.05) is 6.54 Å². The minimum absolute atomic E-state index is 0.00646. The molecule has 0 saturated carbocycles. The van der Waals surface area contributed by atoms with Gasteiger partial charge in [0.15, 0.2) is 0 Å². The van der Waals surface area contributed by atoms with Crippen LogP contribution in [0.1, 0.15) is 32.9 Å². The van der Waals surface area contributed by atoms with Crippen molar-refractivity contribution >= 4 is 17.6 Å². The summed E-state index contributed by atoms with van der Waals surface area (Å²) >= 11 is 0. The first-order valence-electron chi connectivity index (χ1n) is 7.40. The maximum absolute atomic E-state index is 12.0. The minimum atomic E-state index is -0.619. The Bertz CT molecular complexity index is 808. The van der Waals surface area contributed by atoms with Gasteiger partial charge in [-0.3, -0.25) is 19.7 Å². The Morgan fingerprint density at radius 3 is 2.60 bits per heavy atom. The Hall–Kier alpha value is -3.23. The third-order valence-electron chi connectivity index (χ3n) is 3.61. The van der Waals surface area contributed by atoms with E-state index in [-0.39, 0.29) is 24.4 Å². The smallest absolute Gasteiger partial charge is 0.325 e. The average Bonchev–Trinajstić information content (AvgIpc) is 2.88. The monoisotopic (exact) mass is 347 g/mol. The highest BCUT2D eigenvalue weighted by Crippen LogP contribution is 2.18. The van der Waals surface area contributed by atoms with Crippen molar-refractivity contribution in [2.45, 2.75) is 27.4 Å².